The van der Waals surface area contributed by atoms with Gasteiger partial charge >= 0.3 is 6.18 Å². The molecule has 2 N–H and O–H groups in total. The highest BCUT2D eigenvalue weighted by Crippen LogP contribution is 2.36. The van der Waals surface area contributed by atoms with Crippen LogP contribution in [0.25, 0.3) is 0 Å². The van der Waals surface area contributed by atoms with Crippen molar-refractivity contribution in [2.75, 3.05) is 11.9 Å². The first kappa shape index (κ1) is 19.8. The van der Waals surface area contributed by atoms with Gasteiger partial charge in [-0.05, 0) is 36.2 Å². The number of carbonyl (C=O) groups excluding carboxylic acids is 2. The number of hydrogen-bond donors (Lipinski definition) is 2. The molecule has 4 nitrogen and oxygen atoms in total. The first-order valence-corrected chi connectivity index (χ1v) is 8.38. The van der Waals surface area contributed by atoms with E-state index in [9.17, 15) is 31.5 Å². The lowest BCUT2D eigenvalue weighted by Gasteiger charge is -2.30. The Hall–Kier alpha value is -2.97. The molecule has 28 heavy (non-hydrogen) atoms. The molecule has 0 aliphatic carbocycles. The molecule has 148 valence electrons. The number of para-hydroxylation sites is 1. The highest BCUT2D eigenvalue weighted by atomic mass is 19.4. The van der Waals surface area contributed by atoms with Gasteiger partial charge in [0.05, 0.1) is 11.3 Å². The average Bonchev–Trinajstić information content (AvgIpc) is 2.63. The number of halogens is 5. The minimum Gasteiger partial charge on any atom is -0.355 e. The number of amides is 2. The van der Waals surface area contributed by atoms with Crippen molar-refractivity contribution in [3.05, 3.63) is 65.2 Å². The smallest absolute Gasteiger partial charge is 0.355 e. The van der Waals surface area contributed by atoms with Gasteiger partial charge in [-0.1, -0.05) is 18.2 Å². The Balaban J connectivity index is 1.92. The molecular formula is C19H15F5N2O2. The summed E-state index contributed by atoms with van der Waals surface area (Å²) in [5, 5.41) is 4.63. The summed E-state index contributed by atoms with van der Waals surface area (Å²) in [7, 11) is 0. The Morgan fingerprint density at radius 1 is 1.07 bits per heavy atom. The van der Waals surface area contributed by atoms with Gasteiger partial charge in [0.1, 0.15) is 5.92 Å². The number of rotatable bonds is 3. The van der Waals surface area contributed by atoms with Crippen molar-refractivity contribution in [1.82, 2.24) is 5.32 Å². The predicted octanol–water partition coefficient (Wildman–Crippen LogP) is 3.84. The van der Waals surface area contributed by atoms with E-state index in [0.29, 0.717) is 0 Å². The summed E-state index contributed by atoms with van der Waals surface area (Å²) in [4.78, 5) is 25.0. The Morgan fingerprint density at radius 2 is 1.79 bits per heavy atom. The molecular weight excluding hydrogens is 383 g/mol. The number of alkyl halides is 3. The van der Waals surface area contributed by atoms with Crippen LogP contribution in [0.3, 0.4) is 0 Å². The van der Waals surface area contributed by atoms with Gasteiger partial charge < -0.3 is 10.6 Å². The lowest BCUT2D eigenvalue weighted by molar-refractivity contribution is -0.137. The fourth-order valence-corrected chi connectivity index (χ4v) is 3.26. The van der Waals surface area contributed by atoms with Gasteiger partial charge in [-0.3, -0.25) is 9.59 Å². The third kappa shape index (κ3) is 3.97. The van der Waals surface area contributed by atoms with E-state index in [0.717, 1.165) is 24.3 Å². The molecule has 0 radical (unpaired) electrons. The lowest BCUT2D eigenvalue weighted by Crippen LogP contribution is -2.47. The van der Waals surface area contributed by atoms with E-state index in [2.05, 4.69) is 10.6 Å². The number of benzene rings is 2. The summed E-state index contributed by atoms with van der Waals surface area (Å²) in [5.41, 5.74) is -1.32. The topological polar surface area (TPSA) is 58.2 Å². The Labute approximate surface area is 156 Å². The second kappa shape index (κ2) is 7.57. The van der Waals surface area contributed by atoms with E-state index in [1.165, 1.54) is 18.2 Å². The molecule has 1 aliphatic heterocycles. The number of carbonyl (C=O) groups is 2. The van der Waals surface area contributed by atoms with Crippen molar-refractivity contribution in [3.63, 3.8) is 0 Å². The van der Waals surface area contributed by atoms with Crippen LogP contribution in [-0.2, 0) is 15.8 Å². The summed E-state index contributed by atoms with van der Waals surface area (Å²) >= 11 is 0. The van der Waals surface area contributed by atoms with E-state index in [1.54, 1.807) is 0 Å². The maximum Gasteiger partial charge on any atom is 0.418 e. The van der Waals surface area contributed by atoms with Gasteiger partial charge in [0.2, 0.25) is 11.8 Å². The minimum absolute atomic E-state index is 0.200. The highest BCUT2D eigenvalue weighted by Gasteiger charge is 2.40. The predicted molar refractivity (Wildman–Crippen MR) is 90.3 cm³/mol. The number of anilines is 1. The molecule has 2 amide bonds. The number of hydrogen-bond acceptors (Lipinski definition) is 2. The quantitative estimate of drug-likeness (QED) is 0.610. The molecule has 0 spiro atoms. The van der Waals surface area contributed by atoms with Crippen LogP contribution >= 0.6 is 0 Å². The molecule has 1 saturated heterocycles. The van der Waals surface area contributed by atoms with E-state index in [1.807, 2.05) is 0 Å². The Kier molecular flexibility index (Phi) is 5.35. The maximum absolute atomic E-state index is 13.6. The summed E-state index contributed by atoms with van der Waals surface area (Å²) in [6.45, 7) is 0.200. The normalized spacial score (nSPS) is 19.8. The van der Waals surface area contributed by atoms with Crippen molar-refractivity contribution in [1.29, 1.82) is 0 Å². The molecule has 3 rings (SSSR count). The molecule has 1 heterocycles. The third-order valence-electron chi connectivity index (χ3n) is 4.58. The Bertz CT molecular complexity index is 913. The first-order valence-electron chi connectivity index (χ1n) is 8.38. The second-order valence-corrected chi connectivity index (χ2v) is 6.37. The number of piperidine rings is 1. The molecule has 2 aromatic carbocycles. The summed E-state index contributed by atoms with van der Waals surface area (Å²) < 4.78 is 66.2. The standard InChI is InChI=1S/C19H15F5N2O2/c20-13-6-5-10(9-14(13)21)11-7-8-25-17(27)16(11)18(28)26-15-4-2-1-3-12(15)19(22,23)24/h1-6,9,11,16H,7-8H2,(H,25,27)(H,26,28). The molecule has 0 saturated carbocycles. The minimum atomic E-state index is -4.70. The van der Waals surface area contributed by atoms with Gasteiger partial charge in [0.15, 0.2) is 11.6 Å². The van der Waals surface area contributed by atoms with Gasteiger partial charge in [0.25, 0.3) is 0 Å². The molecule has 1 fully saturated rings. The van der Waals surface area contributed by atoms with Crippen molar-refractivity contribution < 1.29 is 31.5 Å². The average molecular weight is 398 g/mol. The first-order chi connectivity index (χ1) is 13.2. The van der Waals surface area contributed by atoms with Crippen LogP contribution in [0, 0.1) is 17.6 Å². The van der Waals surface area contributed by atoms with E-state index < -0.39 is 52.7 Å². The van der Waals surface area contributed by atoms with Crippen molar-refractivity contribution >= 4 is 17.5 Å². The second-order valence-electron chi connectivity index (χ2n) is 6.37. The van der Waals surface area contributed by atoms with Crippen molar-refractivity contribution in [2.24, 2.45) is 5.92 Å². The summed E-state index contributed by atoms with van der Waals surface area (Å²) in [6, 6.07) is 7.41. The molecule has 0 aromatic heterocycles. The van der Waals surface area contributed by atoms with Crippen LogP contribution in [0.5, 0.6) is 0 Å². The van der Waals surface area contributed by atoms with Gasteiger partial charge in [-0.15, -0.1) is 0 Å². The largest absolute Gasteiger partial charge is 0.418 e. The summed E-state index contributed by atoms with van der Waals surface area (Å²) in [6.07, 6.45) is -4.45. The highest BCUT2D eigenvalue weighted by molar-refractivity contribution is 6.08. The number of nitrogens with one attached hydrogen (secondary N) is 2. The maximum atomic E-state index is 13.6. The van der Waals surface area contributed by atoms with Crippen LogP contribution in [0.4, 0.5) is 27.6 Å². The molecule has 9 heteroatoms. The zero-order valence-corrected chi connectivity index (χ0v) is 14.3. The van der Waals surface area contributed by atoms with E-state index >= 15 is 0 Å². The fraction of sp³-hybridized carbons (Fsp3) is 0.263. The van der Waals surface area contributed by atoms with Crippen LogP contribution in [0.2, 0.25) is 0 Å². The Morgan fingerprint density at radius 3 is 2.46 bits per heavy atom. The summed E-state index contributed by atoms with van der Waals surface area (Å²) in [5.74, 6) is -6.05. The SMILES string of the molecule is O=C1NCCC(c2ccc(F)c(F)c2)C1C(=O)Nc1ccccc1C(F)(F)F. The van der Waals surface area contributed by atoms with E-state index in [4.69, 9.17) is 0 Å². The van der Waals surface area contributed by atoms with Crippen LogP contribution in [0.1, 0.15) is 23.5 Å². The molecule has 2 atom stereocenters. The molecule has 2 aromatic rings. The zero-order chi connectivity index (χ0) is 20.5. The molecule has 2 unspecified atom stereocenters. The third-order valence-corrected chi connectivity index (χ3v) is 4.58. The van der Waals surface area contributed by atoms with Crippen LogP contribution < -0.4 is 10.6 Å². The van der Waals surface area contributed by atoms with Crippen LogP contribution in [-0.4, -0.2) is 18.4 Å². The van der Waals surface area contributed by atoms with Crippen molar-refractivity contribution in [2.45, 2.75) is 18.5 Å². The van der Waals surface area contributed by atoms with Gasteiger partial charge in [-0.25, -0.2) is 8.78 Å². The van der Waals surface area contributed by atoms with E-state index in [-0.39, 0.29) is 18.5 Å². The monoisotopic (exact) mass is 398 g/mol. The van der Waals surface area contributed by atoms with Crippen LogP contribution in [0.15, 0.2) is 42.5 Å². The van der Waals surface area contributed by atoms with Crippen molar-refractivity contribution in [3.8, 4) is 0 Å². The zero-order valence-electron chi connectivity index (χ0n) is 14.3. The fourth-order valence-electron chi connectivity index (χ4n) is 3.26. The molecule has 0 bridgehead atoms. The van der Waals surface area contributed by atoms with Gasteiger partial charge in [0, 0.05) is 12.5 Å². The van der Waals surface area contributed by atoms with Gasteiger partial charge in [-0.2, -0.15) is 13.2 Å². The lowest BCUT2D eigenvalue weighted by atomic mass is 9.80. The molecule has 1 aliphatic rings.